The maximum Gasteiger partial charge on any atom is 0.123 e. The largest absolute Gasteiger partial charge is 0.491 e. The van der Waals surface area contributed by atoms with E-state index in [0.29, 0.717) is 12.3 Å². The molecule has 0 aliphatic heterocycles. The van der Waals surface area contributed by atoms with Gasteiger partial charge in [-0.05, 0) is 45.0 Å². The molecule has 1 rings (SSSR count). The average molecular weight is 271 g/mol. The zero-order valence-electron chi connectivity index (χ0n) is 11.6. The van der Waals surface area contributed by atoms with Gasteiger partial charge in [0, 0.05) is 12.1 Å². The highest BCUT2D eigenvalue weighted by molar-refractivity contribution is 5.22. The second-order valence-corrected chi connectivity index (χ2v) is 5.20. The van der Waals surface area contributed by atoms with Crippen molar-refractivity contribution in [2.45, 2.75) is 38.5 Å². The summed E-state index contributed by atoms with van der Waals surface area (Å²) >= 11 is 0. The molecule has 2 atom stereocenters. The van der Waals surface area contributed by atoms with Crippen molar-refractivity contribution in [2.24, 2.45) is 0 Å². The monoisotopic (exact) mass is 271 g/mol. The van der Waals surface area contributed by atoms with Gasteiger partial charge in [0.1, 0.15) is 24.3 Å². The number of nitrogens with one attached hydrogen (secondary N) is 1. The standard InChI is InChI=1S/C14H22FNO3/c1-10(17)14(2,3)16-8-12(18)9-19-13-6-4-11(15)5-7-13/h4-7,10,12,16-18H,8-9H2,1-3H3. The molecule has 0 fully saturated rings. The van der Waals surface area contributed by atoms with Crippen molar-refractivity contribution in [3.05, 3.63) is 30.1 Å². The van der Waals surface area contributed by atoms with Crippen molar-refractivity contribution in [3.8, 4) is 5.75 Å². The van der Waals surface area contributed by atoms with Crippen LogP contribution in [0.3, 0.4) is 0 Å². The van der Waals surface area contributed by atoms with Crippen LogP contribution in [0.5, 0.6) is 5.75 Å². The lowest BCUT2D eigenvalue weighted by Crippen LogP contribution is -2.51. The first-order chi connectivity index (χ1) is 8.81. The van der Waals surface area contributed by atoms with E-state index < -0.39 is 17.7 Å². The minimum Gasteiger partial charge on any atom is -0.491 e. The number of aliphatic hydroxyl groups excluding tert-OH is 2. The molecule has 19 heavy (non-hydrogen) atoms. The molecule has 0 saturated carbocycles. The molecule has 1 aromatic carbocycles. The normalized spacial score (nSPS) is 15.1. The Bertz CT molecular complexity index is 379. The van der Waals surface area contributed by atoms with Gasteiger partial charge in [0.05, 0.1) is 6.10 Å². The Labute approximate surface area is 113 Å². The van der Waals surface area contributed by atoms with Crippen LogP contribution in [0.2, 0.25) is 0 Å². The van der Waals surface area contributed by atoms with Crippen LogP contribution in [0.25, 0.3) is 0 Å². The van der Waals surface area contributed by atoms with E-state index in [2.05, 4.69) is 5.32 Å². The van der Waals surface area contributed by atoms with Gasteiger partial charge in [-0.3, -0.25) is 0 Å². The highest BCUT2D eigenvalue weighted by Crippen LogP contribution is 2.12. The van der Waals surface area contributed by atoms with Crippen LogP contribution >= 0.6 is 0 Å². The SMILES string of the molecule is CC(O)C(C)(C)NCC(O)COc1ccc(F)cc1. The summed E-state index contributed by atoms with van der Waals surface area (Å²) in [6, 6.07) is 5.62. The summed E-state index contributed by atoms with van der Waals surface area (Å²) in [5.74, 6) is 0.184. The number of β-amino-alcohol motifs (C(OH)–C–C–N with tert-alkyl or cyclic N) is 1. The van der Waals surface area contributed by atoms with Crippen LogP contribution in [0, 0.1) is 5.82 Å². The number of benzene rings is 1. The molecule has 1 aromatic rings. The molecule has 0 spiro atoms. The summed E-state index contributed by atoms with van der Waals surface area (Å²) in [5, 5.41) is 22.3. The van der Waals surface area contributed by atoms with Gasteiger partial charge in [-0.15, -0.1) is 0 Å². The Morgan fingerprint density at radius 2 is 1.84 bits per heavy atom. The smallest absolute Gasteiger partial charge is 0.123 e. The number of halogens is 1. The van der Waals surface area contributed by atoms with Crippen molar-refractivity contribution in [3.63, 3.8) is 0 Å². The fraction of sp³-hybridized carbons (Fsp3) is 0.571. The molecule has 2 unspecified atom stereocenters. The number of hydrogen-bond acceptors (Lipinski definition) is 4. The minimum atomic E-state index is -0.705. The lowest BCUT2D eigenvalue weighted by atomic mass is 9.99. The van der Waals surface area contributed by atoms with Gasteiger partial charge >= 0.3 is 0 Å². The van der Waals surface area contributed by atoms with Gasteiger partial charge in [0.15, 0.2) is 0 Å². The average Bonchev–Trinajstić information content (AvgIpc) is 2.35. The number of ether oxygens (including phenoxy) is 1. The Morgan fingerprint density at radius 3 is 2.37 bits per heavy atom. The van der Waals surface area contributed by atoms with Gasteiger partial charge in [0.2, 0.25) is 0 Å². The predicted molar refractivity (Wildman–Crippen MR) is 71.7 cm³/mol. The van der Waals surface area contributed by atoms with E-state index >= 15 is 0 Å². The van der Waals surface area contributed by atoms with Crippen molar-refractivity contribution in [2.75, 3.05) is 13.2 Å². The minimum absolute atomic E-state index is 0.106. The number of rotatable bonds is 7. The fourth-order valence-electron chi connectivity index (χ4n) is 1.31. The molecule has 0 heterocycles. The number of aliphatic hydroxyl groups is 2. The van der Waals surface area contributed by atoms with Gasteiger partial charge in [-0.1, -0.05) is 0 Å². The van der Waals surface area contributed by atoms with E-state index in [9.17, 15) is 14.6 Å². The second kappa shape index (κ2) is 6.84. The molecule has 0 bridgehead atoms. The zero-order valence-corrected chi connectivity index (χ0v) is 11.6. The van der Waals surface area contributed by atoms with E-state index in [-0.39, 0.29) is 12.4 Å². The lowest BCUT2D eigenvalue weighted by Gasteiger charge is -2.30. The van der Waals surface area contributed by atoms with Crippen LogP contribution in [0.4, 0.5) is 4.39 Å². The molecular formula is C14H22FNO3. The molecule has 0 aliphatic carbocycles. The molecule has 0 amide bonds. The highest BCUT2D eigenvalue weighted by atomic mass is 19.1. The van der Waals surface area contributed by atoms with Gasteiger partial charge in [0.25, 0.3) is 0 Å². The summed E-state index contributed by atoms with van der Waals surface area (Å²) in [4.78, 5) is 0. The molecule has 3 N–H and O–H groups in total. The van der Waals surface area contributed by atoms with E-state index in [1.54, 1.807) is 6.92 Å². The Kier molecular flexibility index (Phi) is 5.72. The first kappa shape index (κ1) is 15.9. The lowest BCUT2D eigenvalue weighted by molar-refractivity contribution is 0.0648. The summed E-state index contributed by atoms with van der Waals surface area (Å²) in [6.07, 6.45) is -1.24. The van der Waals surface area contributed by atoms with Crippen LogP contribution in [0.15, 0.2) is 24.3 Å². The molecule has 0 saturated heterocycles. The van der Waals surface area contributed by atoms with Gasteiger partial charge < -0.3 is 20.3 Å². The quantitative estimate of drug-likeness (QED) is 0.700. The maximum absolute atomic E-state index is 12.7. The van der Waals surface area contributed by atoms with E-state index in [1.807, 2.05) is 13.8 Å². The third-order valence-electron chi connectivity index (χ3n) is 3.09. The number of hydrogen-bond donors (Lipinski definition) is 3. The second-order valence-electron chi connectivity index (χ2n) is 5.20. The van der Waals surface area contributed by atoms with Crippen LogP contribution < -0.4 is 10.1 Å². The van der Waals surface area contributed by atoms with Crippen molar-refractivity contribution >= 4 is 0 Å². The van der Waals surface area contributed by atoms with Crippen LogP contribution in [0.1, 0.15) is 20.8 Å². The first-order valence-electron chi connectivity index (χ1n) is 6.31. The van der Waals surface area contributed by atoms with E-state index in [0.717, 1.165) is 0 Å². The molecule has 0 aliphatic rings. The summed E-state index contributed by atoms with van der Waals surface area (Å²) < 4.78 is 18.0. The Balaban J connectivity index is 2.32. The predicted octanol–water partition coefficient (Wildman–Crippen LogP) is 1.31. The molecule has 108 valence electrons. The highest BCUT2D eigenvalue weighted by Gasteiger charge is 2.24. The summed E-state index contributed by atoms with van der Waals surface area (Å²) in [5.41, 5.74) is -0.475. The first-order valence-corrected chi connectivity index (χ1v) is 6.31. The van der Waals surface area contributed by atoms with Crippen LogP contribution in [-0.2, 0) is 0 Å². The van der Waals surface area contributed by atoms with Crippen LogP contribution in [-0.4, -0.2) is 41.1 Å². The fourth-order valence-corrected chi connectivity index (χ4v) is 1.31. The van der Waals surface area contributed by atoms with Gasteiger partial charge in [-0.25, -0.2) is 4.39 Å². The van der Waals surface area contributed by atoms with Gasteiger partial charge in [-0.2, -0.15) is 0 Å². The molecular weight excluding hydrogens is 249 g/mol. The summed E-state index contributed by atoms with van der Waals surface area (Å²) in [6.45, 7) is 5.80. The molecule has 5 heteroatoms. The Hall–Kier alpha value is -1.17. The molecule has 0 radical (unpaired) electrons. The maximum atomic E-state index is 12.7. The van der Waals surface area contributed by atoms with Crippen molar-refractivity contribution in [1.82, 2.24) is 5.32 Å². The van der Waals surface area contributed by atoms with E-state index in [1.165, 1.54) is 24.3 Å². The van der Waals surface area contributed by atoms with E-state index in [4.69, 9.17) is 4.74 Å². The third kappa shape index (κ3) is 5.55. The van der Waals surface area contributed by atoms with Crippen molar-refractivity contribution < 1.29 is 19.3 Å². The third-order valence-corrected chi connectivity index (χ3v) is 3.09. The Morgan fingerprint density at radius 1 is 1.26 bits per heavy atom. The topological polar surface area (TPSA) is 61.7 Å². The van der Waals surface area contributed by atoms with Crippen molar-refractivity contribution in [1.29, 1.82) is 0 Å². The summed E-state index contributed by atoms with van der Waals surface area (Å²) in [7, 11) is 0. The molecule has 4 nitrogen and oxygen atoms in total. The molecule has 0 aromatic heterocycles. The zero-order chi connectivity index (χ0) is 14.5.